The third kappa shape index (κ3) is 1.44. The minimum absolute atomic E-state index is 0.382. The van der Waals surface area contributed by atoms with Crippen LogP contribution in [-0.4, -0.2) is 12.1 Å². The smallest absolute Gasteiger partial charge is 0.142 e. The van der Waals surface area contributed by atoms with Crippen LogP contribution >= 0.6 is 0 Å². The zero-order valence-corrected chi connectivity index (χ0v) is 8.19. The molecular formula is C11H9N3O. The molecule has 0 bridgehead atoms. The lowest BCUT2D eigenvalue weighted by Gasteiger charge is -2.06. The molecule has 0 radical (unpaired) electrons. The molecule has 0 aliphatic rings. The Labute approximate surface area is 86.9 Å². The minimum Gasteiger partial charge on any atom is -0.495 e. The summed E-state index contributed by atoms with van der Waals surface area (Å²) in [5, 5.41) is 9.50. The number of anilines is 1. The number of pyridine rings is 1. The third-order valence-electron chi connectivity index (χ3n) is 2.21. The normalized spacial score (nSPS) is 9.87. The molecule has 0 amide bonds. The molecule has 0 atom stereocenters. The van der Waals surface area contributed by atoms with Crippen LogP contribution < -0.4 is 10.5 Å². The molecule has 1 heterocycles. The molecule has 0 aliphatic heterocycles. The van der Waals surface area contributed by atoms with Gasteiger partial charge in [-0.2, -0.15) is 5.26 Å². The van der Waals surface area contributed by atoms with Crippen LogP contribution in [0.15, 0.2) is 24.3 Å². The zero-order chi connectivity index (χ0) is 10.8. The van der Waals surface area contributed by atoms with E-state index in [1.165, 1.54) is 0 Å². The van der Waals surface area contributed by atoms with Gasteiger partial charge < -0.3 is 10.5 Å². The van der Waals surface area contributed by atoms with Crippen molar-refractivity contribution in [3.05, 3.63) is 30.0 Å². The van der Waals surface area contributed by atoms with Gasteiger partial charge in [0, 0.05) is 5.39 Å². The number of nitrogen functional groups attached to an aromatic ring is 1. The molecule has 0 fully saturated rings. The van der Waals surface area contributed by atoms with Crippen molar-refractivity contribution in [2.75, 3.05) is 12.8 Å². The van der Waals surface area contributed by atoms with Crippen molar-refractivity contribution in [1.29, 1.82) is 5.26 Å². The lowest BCUT2D eigenvalue weighted by Crippen LogP contribution is -1.95. The number of methoxy groups -OCH3 is 1. The van der Waals surface area contributed by atoms with Crippen molar-refractivity contribution in [2.24, 2.45) is 0 Å². The molecule has 1 aromatic carbocycles. The summed E-state index contributed by atoms with van der Waals surface area (Å²) in [5.74, 6) is 0.619. The number of hydrogen-bond donors (Lipinski definition) is 1. The Hall–Kier alpha value is -2.28. The molecule has 2 aromatic rings. The Kier molecular flexibility index (Phi) is 2.14. The highest BCUT2D eigenvalue weighted by Crippen LogP contribution is 2.29. The van der Waals surface area contributed by atoms with Gasteiger partial charge in [0.2, 0.25) is 0 Å². The summed E-state index contributed by atoms with van der Waals surface area (Å²) < 4.78 is 5.09. The molecule has 15 heavy (non-hydrogen) atoms. The van der Waals surface area contributed by atoms with Crippen molar-refractivity contribution in [3.63, 3.8) is 0 Å². The molecule has 4 heteroatoms. The second-order valence-corrected chi connectivity index (χ2v) is 3.06. The maximum absolute atomic E-state index is 8.70. The Bertz CT molecular complexity index is 557. The van der Waals surface area contributed by atoms with Crippen molar-refractivity contribution < 1.29 is 4.74 Å². The first kappa shape index (κ1) is 9.28. The van der Waals surface area contributed by atoms with E-state index in [0.29, 0.717) is 22.6 Å². The predicted octanol–water partition coefficient (Wildman–Crippen LogP) is 1.70. The van der Waals surface area contributed by atoms with E-state index in [1.54, 1.807) is 31.4 Å². The third-order valence-corrected chi connectivity index (χ3v) is 2.21. The van der Waals surface area contributed by atoms with Crippen molar-refractivity contribution in [1.82, 2.24) is 4.98 Å². The number of nitrogens with zero attached hydrogens (tertiary/aromatic N) is 2. The SMILES string of the molecule is COc1ccc2nc(C#N)ccc2c1N. The first-order chi connectivity index (χ1) is 7.26. The van der Waals surface area contributed by atoms with E-state index in [-0.39, 0.29) is 0 Å². The van der Waals surface area contributed by atoms with Gasteiger partial charge in [0.15, 0.2) is 0 Å². The van der Waals surface area contributed by atoms with Crippen LogP contribution in [0.25, 0.3) is 10.9 Å². The van der Waals surface area contributed by atoms with E-state index in [1.807, 2.05) is 6.07 Å². The van der Waals surface area contributed by atoms with Gasteiger partial charge in [0.1, 0.15) is 17.5 Å². The van der Waals surface area contributed by atoms with Gasteiger partial charge in [-0.1, -0.05) is 0 Å². The second kappa shape index (κ2) is 3.46. The highest BCUT2D eigenvalue weighted by atomic mass is 16.5. The molecular weight excluding hydrogens is 190 g/mol. The van der Waals surface area contributed by atoms with E-state index < -0.39 is 0 Å². The average molecular weight is 199 g/mol. The second-order valence-electron chi connectivity index (χ2n) is 3.06. The fraction of sp³-hybridized carbons (Fsp3) is 0.0909. The van der Waals surface area contributed by atoms with Gasteiger partial charge >= 0.3 is 0 Å². The molecule has 4 nitrogen and oxygen atoms in total. The fourth-order valence-electron chi connectivity index (χ4n) is 1.45. The maximum atomic E-state index is 8.70. The number of nitriles is 1. The molecule has 1 aromatic heterocycles. The monoisotopic (exact) mass is 199 g/mol. The van der Waals surface area contributed by atoms with E-state index in [2.05, 4.69) is 4.98 Å². The van der Waals surface area contributed by atoms with Crippen molar-refractivity contribution in [3.8, 4) is 11.8 Å². The first-order valence-electron chi connectivity index (χ1n) is 4.39. The molecule has 2 N–H and O–H groups in total. The summed E-state index contributed by atoms with van der Waals surface area (Å²) in [4.78, 5) is 4.13. The molecule has 0 aliphatic carbocycles. The molecule has 74 valence electrons. The number of hydrogen-bond acceptors (Lipinski definition) is 4. The van der Waals surface area contributed by atoms with Gasteiger partial charge in [-0.25, -0.2) is 4.98 Å². The van der Waals surface area contributed by atoms with Gasteiger partial charge in [-0.3, -0.25) is 0 Å². The van der Waals surface area contributed by atoms with E-state index in [9.17, 15) is 0 Å². The standard InChI is InChI=1S/C11H9N3O/c1-15-10-5-4-9-8(11(10)13)3-2-7(6-12)14-9/h2-5H,13H2,1H3. The van der Waals surface area contributed by atoms with E-state index >= 15 is 0 Å². The number of nitrogens with two attached hydrogens (primary N) is 1. The van der Waals surface area contributed by atoms with Gasteiger partial charge in [0.25, 0.3) is 0 Å². The molecule has 2 rings (SSSR count). The van der Waals surface area contributed by atoms with Crippen LogP contribution in [0, 0.1) is 11.3 Å². The van der Waals surface area contributed by atoms with Gasteiger partial charge in [-0.15, -0.1) is 0 Å². The van der Waals surface area contributed by atoms with Crippen molar-refractivity contribution >= 4 is 16.6 Å². The number of aromatic nitrogens is 1. The van der Waals surface area contributed by atoms with Crippen LogP contribution in [0.4, 0.5) is 5.69 Å². The number of fused-ring (bicyclic) bond motifs is 1. The van der Waals surface area contributed by atoms with Gasteiger partial charge in [0.05, 0.1) is 18.3 Å². The summed E-state index contributed by atoms with van der Waals surface area (Å²) in [6.45, 7) is 0. The predicted molar refractivity (Wildman–Crippen MR) is 57.4 cm³/mol. The Morgan fingerprint density at radius 3 is 2.80 bits per heavy atom. The Balaban J connectivity index is 2.75. The Morgan fingerprint density at radius 1 is 1.33 bits per heavy atom. The molecule has 0 unspecified atom stereocenters. The van der Waals surface area contributed by atoms with E-state index in [0.717, 1.165) is 5.39 Å². The lowest BCUT2D eigenvalue weighted by molar-refractivity contribution is 0.417. The maximum Gasteiger partial charge on any atom is 0.142 e. The summed E-state index contributed by atoms with van der Waals surface area (Å²) in [7, 11) is 1.56. The highest BCUT2D eigenvalue weighted by molar-refractivity contribution is 5.93. The zero-order valence-electron chi connectivity index (χ0n) is 8.19. The summed E-state index contributed by atoms with van der Waals surface area (Å²) >= 11 is 0. The topological polar surface area (TPSA) is 71.9 Å². The van der Waals surface area contributed by atoms with Crippen LogP contribution in [0.1, 0.15) is 5.69 Å². The summed E-state index contributed by atoms with van der Waals surface area (Å²) in [5.41, 5.74) is 7.50. The van der Waals surface area contributed by atoms with Crippen LogP contribution in [0.2, 0.25) is 0 Å². The van der Waals surface area contributed by atoms with Crippen molar-refractivity contribution in [2.45, 2.75) is 0 Å². The largest absolute Gasteiger partial charge is 0.495 e. The summed E-state index contributed by atoms with van der Waals surface area (Å²) in [6, 6.07) is 8.92. The van der Waals surface area contributed by atoms with Crippen LogP contribution in [0.5, 0.6) is 5.75 Å². The highest BCUT2D eigenvalue weighted by Gasteiger charge is 2.05. The molecule has 0 saturated carbocycles. The quantitative estimate of drug-likeness (QED) is 0.709. The Morgan fingerprint density at radius 2 is 2.13 bits per heavy atom. The van der Waals surface area contributed by atoms with E-state index in [4.69, 9.17) is 15.7 Å². The minimum atomic E-state index is 0.382. The average Bonchev–Trinajstić information content (AvgIpc) is 2.29. The molecule has 0 saturated heterocycles. The van der Waals surface area contributed by atoms with Crippen LogP contribution in [0.3, 0.4) is 0 Å². The molecule has 0 spiro atoms. The number of ether oxygens (including phenoxy) is 1. The van der Waals surface area contributed by atoms with Crippen LogP contribution in [-0.2, 0) is 0 Å². The number of rotatable bonds is 1. The number of benzene rings is 1. The first-order valence-corrected chi connectivity index (χ1v) is 4.39. The lowest BCUT2D eigenvalue weighted by atomic mass is 10.1. The summed E-state index contributed by atoms with van der Waals surface area (Å²) in [6.07, 6.45) is 0. The fourth-order valence-corrected chi connectivity index (χ4v) is 1.45. The van der Waals surface area contributed by atoms with Gasteiger partial charge in [-0.05, 0) is 24.3 Å².